The van der Waals surface area contributed by atoms with Crippen LogP contribution < -0.4 is 5.32 Å². The molecule has 6 nitrogen and oxygen atoms in total. The number of amides is 1. The third-order valence-electron chi connectivity index (χ3n) is 5.15. The van der Waals surface area contributed by atoms with Gasteiger partial charge in [-0.1, -0.05) is 6.07 Å². The van der Waals surface area contributed by atoms with Crippen molar-refractivity contribution < 1.29 is 4.79 Å². The highest BCUT2D eigenvalue weighted by Crippen LogP contribution is 2.33. The van der Waals surface area contributed by atoms with Crippen LogP contribution in [0.15, 0.2) is 42.7 Å². The minimum atomic E-state index is 0.122. The molecule has 0 spiro atoms. The Bertz CT molecular complexity index is 948. The summed E-state index contributed by atoms with van der Waals surface area (Å²) in [7, 11) is 1.86. The van der Waals surface area contributed by atoms with Crippen LogP contribution >= 0.6 is 0 Å². The van der Waals surface area contributed by atoms with Gasteiger partial charge in [0.05, 0.1) is 23.9 Å². The first-order chi connectivity index (χ1) is 12.7. The molecule has 4 rings (SSSR count). The van der Waals surface area contributed by atoms with Gasteiger partial charge in [0.15, 0.2) is 0 Å². The number of pyridine rings is 2. The highest BCUT2D eigenvalue weighted by atomic mass is 16.2. The molecule has 0 saturated carbocycles. The van der Waals surface area contributed by atoms with Gasteiger partial charge in [-0.3, -0.25) is 4.79 Å². The lowest BCUT2D eigenvalue weighted by Gasteiger charge is -2.25. The number of likely N-dealkylation sites (tertiary alicyclic amines) is 1. The Hall–Kier alpha value is -2.89. The van der Waals surface area contributed by atoms with Gasteiger partial charge < -0.3 is 14.6 Å². The summed E-state index contributed by atoms with van der Waals surface area (Å²) in [4.78, 5) is 24.0. The summed E-state index contributed by atoms with van der Waals surface area (Å²) in [5.74, 6) is 0.989. The number of fused-ring (bicyclic) bond motifs is 1. The highest BCUT2D eigenvalue weighted by molar-refractivity contribution is 5.79. The molecule has 134 valence electrons. The SMILES string of the molecule is CNc1cc(C2CCCN2C(=O)Cc2c(C)nc3ccccn23)ccn1. The van der Waals surface area contributed by atoms with E-state index in [1.807, 2.05) is 59.8 Å². The summed E-state index contributed by atoms with van der Waals surface area (Å²) in [6.45, 7) is 2.77. The molecule has 1 fully saturated rings. The van der Waals surface area contributed by atoms with Crippen molar-refractivity contribution in [2.45, 2.75) is 32.2 Å². The van der Waals surface area contributed by atoms with E-state index < -0.39 is 0 Å². The van der Waals surface area contributed by atoms with Gasteiger partial charge >= 0.3 is 0 Å². The Labute approximate surface area is 152 Å². The van der Waals surface area contributed by atoms with Crippen molar-refractivity contribution in [1.82, 2.24) is 19.3 Å². The molecule has 1 unspecified atom stereocenters. The molecule has 1 saturated heterocycles. The topological polar surface area (TPSA) is 62.5 Å². The number of anilines is 1. The van der Waals surface area contributed by atoms with Gasteiger partial charge in [0.1, 0.15) is 11.5 Å². The van der Waals surface area contributed by atoms with Crippen LogP contribution in [0, 0.1) is 6.92 Å². The fourth-order valence-corrected chi connectivity index (χ4v) is 3.82. The molecule has 0 radical (unpaired) electrons. The number of nitrogens with zero attached hydrogens (tertiary/aromatic N) is 4. The second-order valence-corrected chi connectivity index (χ2v) is 6.72. The second kappa shape index (κ2) is 6.78. The predicted molar refractivity (Wildman–Crippen MR) is 101 cm³/mol. The van der Waals surface area contributed by atoms with Gasteiger partial charge in [-0.15, -0.1) is 0 Å². The van der Waals surface area contributed by atoms with Crippen LogP contribution in [0.2, 0.25) is 0 Å². The summed E-state index contributed by atoms with van der Waals surface area (Å²) >= 11 is 0. The Kier molecular flexibility index (Phi) is 4.32. The molecule has 26 heavy (non-hydrogen) atoms. The lowest BCUT2D eigenvalue weighted by Crippen LogP contribution is -2.32. The average molecular weight is 349 g/mol. The lowest BCUT2D eigenvalue weighted by molar-refractivity contribution is -0.131. The van der Waals surface area contributed by atoms with Gasteiger partial charge in [0.25, 0.3) is 0 Å². The fourth-order valence-electron chi connectivity index (χ4n) is 3.82. The number of hydrogen-bond acceptors (Lipinski definition) is 4. The lowest BCUT2D eigenvalue weighted by atomic mass is 10.1. The monoisotopic (exact) mass is 349 g/mol. The molecular weight excluding hydrogens is 326 g/mol. The number of imidazole rings is 1. The Balaban J connectivity index is 1.59. The largest absolute Gasteiger partial charge is 0.373 e. The fraction of sp³-hybridized carbons (Fsp3) is 0.350. The zero-order valence-electron chi connectivity index (χ0n) is 15.1. The first-order valence-electron chi connectivity index (χ1n) is 9.03. The quantitative estimate of drug-likeness (QED) is 0.786. The number of aromatic nitrogens is 3. The van der Waals surface area contributed by atoms with Gasteiger partial charge in [0.2, 0.25) is 5.91 Å². The standard InChI is InChI=1S/C20H23N5O/c1-14-17(24-10-4-3-7-19(24)23-14)13-20(26)25-11-5-6-16(25)15-8-9-22-18(12-15)21-2/h3-4,7-10,12,16H,5-6,11,13H2,1-2H3,(H,21,22). The van der Waals surface area contributed by atoms with Crippen molar-refractivity contribution in [3.63, 3.8) is 0 Å². The Morgan fingerprint density at radius 1 is 1.35 bits per heavy atom. The van der Waals surface area contributed by atoms with Crippen LogP contribution in [0.4, 0.5) is 5.82 Å². The Morgan fingerprint density at radius 3 is 3.08 bits per heavy atom. The molecule has 1 N–H and O–H groups in total. The number of carbonyl (C=O) groups excluding carboxylic acids is 1. The smallest absolute Gasteiger partial charge is 0.229 e. The van der Waals surface area contributed by atoms with Crippen LogP contribution in [-0.4, -0.2) is 38.8 Å². The van der Waals surface area contributed by atoms with Crippen molar-refractivity contribution in [1.29, 1.82) is 0 Å². The van der Waals surface area contributed by atoms with Gasteiger partial charge in [0, 0.05) is 26.0 Å². The molecule has 4 heterocycles. The summed E-state index contributed by atoms with van der Waals surface area (Å²) in [6.07, 6.45) is 6.17. The number of nitrogens with one attached hydrogen (secondary N) is 1. The molecule has 1 aliphatic rings. The van der Waals surface area contributed by atoms with Crippen LogP contribution in [0.1, 0.15) is 35.8 Å². The number of carbonyl (C=O) groups is 1. The number of hydrogen-bond donors (Lipinski definition) is 1. The van der Waals surface area contributed by atoms with E-state index in [4.69, 9.17) is 0 Å². The average Bonchev–Trinajstić information content (AvgIpc) is 3.27. The second-order valence-electron chi connectivity index (χ2n) is 6.72. The first kappa shape index (κ1) is 16.6. The molecule has 0 bridgehead atoms. The minimum Gasteiger partial charge on any atom is -0.373 e. The van der Waals surface area contributed by atoms with E-state index in [9.17, 15) is 4.79 Å². The molecule has 0 aromatic carbocycles. The maximum atomic E-state index is 13.1. The van der Waals surface area contributed by atoms with Crippen molar-refractivity contribution >= 4 is 17.4 Å². The third kappa shape index (κ3) is 2.92. The minimum absolute atomic E-state index is 0.122. The van der Waals surface area contributed by atoms with E-state index >= 15 is 0 Å². The third-order valence-corrected chi connectivity index (χ3v) is 5.15. The van der Waals surface area contributed by atoms with Crippen LogP contribution in [0.5, 0.6) is 0 Å². The molecule has 1 atom stereocenters. The zero-order chi connectivity index (χ0) is 18.1. The number of rotatable bonds is 4. The molecule has 3 aromatic rings. The molecule has 3 aromatic heterocycles. The maximum absolute atomic E-state index is 13.1. The van der Waals surface area contributed by atoms with E-state index in [1.54, 1.807) is 6.20 Å². The van der Waals surface area contributed by atoms with Gasteiger partial charge in [-0.2, -0.15) is 0 Å². The summed E-state index contributed by atoms with van der Waals surface area (Å²) in [5.41, 5.74) is 3.92. The molecule has 0 aliphatic carbocycles. The van der Waals surface area contributed by atoms with Crippen molar-refractivity contribution in [3.8, 4) is 0 Å². The molecular formula is C20H23N5O. The van der Waals surface area contributed by atoms with Crippen LogP contribution in [-0.2, 0) is 11.2 Å². The van der Waals surface area contributed by atoms with Gasteiger partial charge in [-0.25, -0.2) is 9.97 Å². The van der Waals surface area contributed by atoms with E-state index in [2.05, 4.69) is 15.3 Å². The van der Waals surface area contributed by atoms with Gasteiger partial charge in [-0.05, 0) is 49.6 Å². The highest BCUT2D eigenvalue weighted by Gasteiger charge is 2.30. The molecule has 1 amide bonds. The Morgan fingerprint density at radius 2 is 2.23 bits per heavy atom. The van der Waals surface area contributed by atoms with E-state index in [1.165, 1.54) is 0 Å². The molecule has 6 heteroatoms. The maximum Gasteiger partial charge on any atom is 0.229 e. The van der Waals surface area contributed by atoms with Crippen LogP contribution in [0.3, 0.4) is 0 Å². The van der Waals surface area contributed by atoms with E-state index in [0.717, 1.165) is 47.8 Å². The summed E-state index contributed by atoms with van der Waals surface area (Å²) in [6, 6.07) is 10.1. The summed E-state index contributed by atoms with van der Waals surface area (Å²) < 4.78 is 2.02. The first-order valence-corrected chi connectivity index (χ1v) is 9.03. The van der Waals surface area contributed by atoms with E-state index in [-0.39, 0.29) is 11.9 Å². The van der Waals surface area contributed by atoms with Crippen molar-refractivity contribution in [3.05, 3.63) is 59.7 Å². The molecule has 1 aliphatic heterocycles. The predicted octanol–water partition coefficient (Wildman–Crippen LogP) is 2.99. The van der Waals surface area contributed by atoms with Crippen molar-refractivity contribution in [2.75, 3.05) is 18.9 Å². The summed E-state index contributed by atoms with van der Waals surface area (Å²) in [5, 5.41) is 3.07. The number of aryl methyl sites for hydroxylation is 1. The normalized spacial score (nSPS) is 17.0. The van der Waals surface area contributed by atoms with Crippen LogP contribution in [0.25, 0.3) is 5.65 Å². The zero-order valence-corrected chi connectivity index (χ0v) is 15.1. The van der Waals surface area contributed by atoms with Crippen molar-refractivity contribution in [2.24, 2.45) is 0 Å². The van der Waals surface area contributed by atoms with E-state index in [0.29, 0.717) is 6.42 Å².